The summed E-state index contributed by atoms with van der Waals surface area (Å²) in [5.74, 6) is 0.991. The van der Waals surface area contributed by atoms with E-state index in [0.717, 1.165) is 18.5 Å². The molecule has 0 bridgehead atoms. The van der Waals surface area contributed by atoms with Crippen LogP contribution in [0, 0.1) is 5.92 Å². The van der Waals surface area contributed by atoms with Crippen molar-refractivity contribution in [1.82, 2.24) is 10.2 Å². The first kappa shape index (κ1) is 14.0. The van der Waals surface area contributed by atoms with E-state index >= 15 is 0 Å². The molecule has 1 aliphatic carbocycles. The first-order valence-corrected chi connectivity index (χ1v) is 7.10. The van der Waals surface area contributed by atoms with Crippen LogP contribution in [0.2, 0.25) is 0 Å². The minimum absolute atomic E-state index is 0.716. The number of hydrogen-bond donors (Lipinski definition) is 1. The Morgan fingerprint density at radius 1 is 1.31 bits per heavy atom. The van der Waals surface area contributed by atoms with E-state index in [9.17, 15) is 0 Å². The van der Waals surface area contributed by atoms with E-state index in [1.165, 1.54) is 38.6 Å². The van der Waals surface area contributed by atoms with Crippen molar-refractivity contribution in [3.05, 3.63) is 0 Å². The minimum atomic E-state index is 0.716. The molecule has 0 aromatic carbocycles. The largest absolute Gasteiger partial charge is 0.313 e. The fourth-order valence-electron chi connectivity index (χ4n) is 2.61. The molecule has 3 atom stereocenters. The predicted molar refractivity (Wildman–Crippen MR) is 71.8 cm³/mol. The van der Waals surface area contributed by atoms with Crippen LogP contribution in [0.3, 0.4) is 0 Å². The lowest BCUT2D eigenvalue weighted by molar-refractivity contribution is 0.248. The van der Waals surface area contributed by atoms with E-state index in [4.69, 9.17) is 0 Å². The first-order chi connectivity index (χ1) is 7.67. The Hall–Kier alpha value is -0.0800. The van der Waals surface area contributed by atoms with E-state index < -0.39 is 0 Å². The molecule has 2 nitrogen and oxygen atoms in total. The molecule has 0 aromatic heterocycles. The first-order valence-electron chi connectivity index (χ1n) is 7.10. The van der Waals surface area contributed by atoms with E-state index in [0.29, 0.717) is 6.04 Å². The Balaban J connectivity index is 2.07. The maximum Gasteiger partial charge on any atom is 0.0107 e. The maximum atomic E-state index is 3.71. The molecule has 0 saturated heterocycles. The molecule has 1 rings (SSSR count). The van der Waals surface area contributed by atoms with Gasteiger partial charge in [-0.3, -0.25) is 0 Å². The average molecular weight is 226 g/mol. The number of rotatable bonds is 7. The molecule has 0 amide bonds. The molecular formula is C14H30N2. The van der Waals surface area contributed by atoms with Gasteiger partial charge in [0.25, 0.3) is 0 Å². The minimum Gasteiger partial charge on any atom is -0.313 e. The number of nitrogens with zero attached hydrogens (tertiary/aromatic N) is 1. The molecular weight excluding hydrogens is 196 g/mol. The molecule has 1 N–H and O–H groups in total. The molecule has 96 valence electrons. The summed E-state index contributed by atoms with van der Waals surface area (Å²) in [5, 5.41) is 3.71. The van der Waals surface area contributed by atoms with Crippen LogP contribution in [0.25, 0.3) is 0 Å². The van der Waals surface area contributed by atoms with Crippen molar-refractivity contribution in [2.24, 2.45) is 5.92 Å². The molecule has 1 aliphatic rings. The zero-order valence-corrected chi connectivity index (χ0v) is 11.6. The van der Waals surface area contributed by atoms with Gasteiger partial charge in [0, 0.05) is 25.2 Å². The summed E-state index contributed by atoms with van der Waals surface area (Å²) in [6, 6.07) is 1.52. The van der Waals surface area contributed by atoms with Gasteiger partial charge in [-0.15, -0.1) is 0 Å². The van der Waals surface area contributed by atoms with Gasteiger partial charge in [0.05, 0.1) is 0 Å². The van der Waals surface area contributed by atoms with E-state index in [1.807, 2.05) is 0 Å². The zero-order chi connectivity index (χ0) is 12.0. The molecule has 0 heterocycles. The van der Waals surface area contributed by atoms with Gasteiger partial charge in [-0.05, 0) is 45.6 Å². The quantitative estimate of drug-likeness (QED) is 0.718. The Bertz CT molecular complexity index is 182. The molecule has 16 heavy (non-hydrogen) atoms. The van der Waals surface area contributed by atoms with Crippen molar-refractivity contribution >= 4 is 0 Å². The van der Waals surface area contributed by atoms with Gasteiger partial charge in [-0.1, -0.05) is 20.3 Å². The van der Waals surface area contributed by atoms with Crippen LogP contribution in [-0.2, 0) is 0 Å². The molecule has 0 aliphatic heterocycles. The number of nitrogens with one attached hydrogen (secondary N) is 1. The van der Waals surface area contributed by atoms with Crippen LogP contribution in [0.15, 0.2) is 0 Å². The van der Waals surface area contributed by atoms with Crippen LogP contribution in [-0.4, -0.2) is 37.1 Å². The van der Waals surface area contributed by atoms with Gasteiger partial charge < -0.3 is 10.2 Å². The average Bonchev–Trinajstić information content (AvgIpc) is 2.75. The molecule has 2 heteroatoms. The molecule has 0 radical (unpaired) electrons. The second-order valence-electron chi connectivity index (χ2n) is 5.48. The highest BCUT2D eigenvalue weighted by Crippen LogP contribution is 2.27. The van der Waals surface area contributed by atoms with Crippen LogP contribution in [0.4, 0.5) is 0 Å². The molecule has 0 spiro atoms. The normalized spacial score (nSPS) is 27.6. The van der Waals surface area contributed by atoms with Crippen molar-refractivity contribution < 1.29 is 0 Å². The number of hydrogen-bond acceptors (Lipinski definition) is 2. The summed E-state index contributed by atoms with van der Waals surface area (Å²) in [4.78, 5) is 2.46. The fourth-order valence-corrected chi connectivity index (χ4v) is 2.61. The maximum absolute atomic E-state index is 3.71. The lowest BCUT2D eigenvalue weighted by atomic mass is 10.1. The van der Waals surface area contributed by atoms with Crippen LogP contribution in [0.1, 0.15) is 52.9 Å². The smallest absolute Gasteiger partial charge is 0.0107 e. The van der Waals surface area contributed by atoms with Crippen LogP contribution >= 0.6 is 0 Å². The highest BCUT2D eigenvalue weighted by Gasteiger charge is 2.22. The zero-order valence-electron chi connectivity index (χ0n) is 11.6. The van der Waals surface area contributed by atoms with Crippen molar-refractivity contribution in [3.8, 4) is 0 Å². The Labute approximate surface area is 102 Å². The third-order valence-electron chi connectivity index (χ3n) is 4.36. The molecule has 1 fully saturated rings. The lowest BCUT2D eigenvalue weighted by Gasteiger charge is -2.24. The molecule has 1 saturated carbocycles. The van der Waals surface area contributed by atoms with Crippen molar-refractivity contribution in [1.29, 1.82) is 0 Å². The highest BCUT2D eigenvalue weighted by atomic mass is 15.1. The van der Waals surface area contributed by atoms with Crippen molar-refractivity contribution in [2.45, 2.75) is 65.0 Å². The van der Waals surface area contributed by atoms with Crippen LogP contribution < -0.4 is 5.32 Å². The van der Waals surface area contributed by atoms with Crippen LogP contribution in [0.5, 0.6) is 0 Å². The van der Waals surface area contributed by atoms with Crippen molar-refractivity contribution in [3.63, 3.8) is 0 Å². The number of likely N-dealkylation sites (N-methyl/N-ethyl adjacent to an activating group) is 1. The monoisotopic (exact) mass is 226 g/mol. The Morgan fingerprint density at radius 2 is 2.06 bits per heavy atom. The Morgan fingerprint density at radius 3 is 2.62 bits per heavy atom. The summed E-state index contributed by atoms with van der Waals surface area (Å²) in [6.45, 7) is 9.23. The Kier molecular flexibility index (Phi) is 6.37. The molecule has 0 aromatic rings. The SMILES string of the molecule is CCC1CCC(NCCN(C)C(C)CC)C1. The highest BCUT2D eigenvalue weighted by molar-refractivity contribution is 4.80. The topological polar surface area (TPSA) is 15.3 Å². The second kappa shape index (κ2) is 7.29. The summed E-state index contributed by atoms with van der Waals surface area (Å²) >= 11 is 0. The van der Waals surface area contributed by atoms with E-state index in [1.54, 1.807) is 0 Å². The second-order valence-corrected chi connectivity index (χ2v) is 5.48. The summed E-state index contributed by atoms with van der Waals surface area (Å²) in [7, 11) is 2.24. The third-order valence-corrected chi connectivity index (χ3v) is 4.36. The fraction of sp³-hybridized carbons (Fsp3) is 1.00. The third kappa shape index (κ3) is 4.42. The van der Waals surface area contributed by atoms with E-state index in [2.05, 4.69) is 38.0 Å². The van der Waals surface area contributed by atoms with Gasteiger partial charge in [0.1, 0.15) is 0 Å². The lowest BCUT2D eigenvalue weighted by Crippen LogP contribution is -2.38. The van der Waals surface area contributed by atoms with Gasteiger partial charge in [0.2, 0.25) is 0 Å². The van der Waals surface area contributed by atoms with Gasteiger partial charge in [0.15, 0.2) is 0 Å². The predicted octanol–water partition coefficient (Wildman–Crippen LogP) is 2.89. The summed E-state index contributed by atoms with van der Waals surface area (Å²) in [6.07, 6.45) is 6.85. The van der Waals surface area contributed by atoms with Gasteiger partial charge >= 0.3 is 0 Å². The van der Waals surface area contributed by atoms with E-state index in [-0.39, 0.29) is 0 Å². The summed E-state index contributed by atoms with van der Waals surface area (Å²) < 4.78 is 0. The summed E-state index contributed by atoms with van der Waals surface area (Å²) in [5.41, 5.74) is 0. The van der Waals surface area contributed by atoms with Gasteiger partial charge in [-0.2, -0.15) is 0 Å². The standard InChI is InChI=1S/C14H30N2/c1-5-12(3)16(4)10-9-15-14-8-7-13(6-2)11-14/h12-15H,5-11H2,1-4H3. The molecule has 3 unspecified atom stereocenters. The van der Waals surface area contributed by atoms with Gasteiger partial charge in [-0.25, -0.2) is 0 Å². The van der Waals surface area contributed by atoms with Crippen molar-refractivity contribution in [2.75, 3.05) is 20.1 Å².